The van der Waals surface area contributed by atoms with Gasteiger partial charge < -0.3 is 14.7 Å². The third-order valence-electron chi connectivity index (χ3n) is 3.25. The van der Waals surface area contributed by atoms with Gasteiger partial charge in [0.25, 0.3) is 0 Å². The van der Waals surface area contributed by atoms with E-state index in [1.54, 1.807) is 19.2 Å². The van der Waals surface area contributed by atoms with Crippen LogP contribution in [0.25, 0.3) is 0 Å². The van der Waals surface area contributed by atoms with Crippen molar-refractivity contribution in [1.82, 2.24) is 0 Å². The number of carboxylic acid groups (broad SMARTS) is 1. The number of rotatable bonds is 3. The summed E-state index contributed by atoms with van der Waals surface area (Å²) in [5, 5.41) is 8.82. The second-order valence-electron chi connectivity index (χ2n) is 4.27. The highest BCUT2D eigenvalue weighted by Gasteiger charge is 2.18. The maximum absolute atomic E-state index is 10.7. The van der Waals surface area contributed by atoms with Gasteiger partial charge in [0.15, 0.2) is 0 Å². The molecule has 17 heavy (non-hydrogen) atoms. The minimum absolute atomic E-state index is 0.334. The van der Waals surface area contributed by atoms with Gasteiger partial charge in [0.05, 0.1) is 11.7 Å². The van der Waals surface area contributed by atoms with E-state index in [0.717, 1.165) is 31.6 Å². The van der Waals surface area contributed by atoms with Crippen molar-refractivity contribution in [2.75, 3.05) is 25.1 Å². The Morgan fingerprint density at radius 3 is 2.35 bits per heavy atom. The van der Waals surface area contributed by atoms with Crippen LogP contribution in [0.3, 0.4) is 0 Å². The molecule has 1 aromatic rings. The van der Waals surface area contributed by atoms with Crippen molar-refractivity contribution in [2.24, 2.45) is 0 Å². The molecule has 2 rings (SSSR count). The van der Waals surface area contributed by atoms with Crippen LogP contribution in [0.5, 0.6) is 0 Å². The lowest BCUT2D eigenvalue weighted by molar-refractivity contribution is 0.0697. The normalized spacial score (nSPS) is 17.1. The predicted molar refractivity (Wildman–Crippen MR) is 65.6 cm³/mol. The van der Waals surface area contributed by atoms with E-state index in [0.29, 0.717) is 11.7 Å². The fourth-order valence-electron chi connectivity index (χ4n) is 2.16. The van der Waals surface area contributed by atoms with Crippen LogP contribution in [0, 0.1) is 0 Å². The van der Waals surface area contributed by atoms with Crippen molar-refractivity contribution in [1.29, 1.82) is 0 Å². The number of carbonyl (C=O) groups is 1. The quantitative estimate of drug-likeness (QED) is 0.870. The Kier molecular flexibility index (Phi) is 3.64. The van der Waals surface area contributed by atoms with E-state index in [-0.39, 0.29) is 0 Å². The van der Waals surface area contributed by atoms with E-state index in [1.165, 1.54) is 0 Å². The predicted octanol–water partition coefficient (Wildman–Crippen LogP) is 2.00. The number of anilines is 1. The van der Waals surface area contributed by atoms with E-state index in [2.05, 4.69) is 4.90 Å². The highest BCUT2D eigenvalue weighted by atomic mass is 16.5. The van der Waals surface area contributed by atoms with Crippen molar-refractivity contribution in [2.45, 2.75) is 18.9 Å². The molecule has 0 saturated carbocycles. The molecule has 1 heterocycles. The summed E-state index contributed by atoms with van der Waals surface area (Å²) < 4.78 is 5.32. The van der Waals surface area contributed by atoms with E-state index in [9.17, 15) is 4.79 Å². The smallest absolute Gasteiger partial charge is 0.335 e. The molecule has 0 bridgehead atoms. The molecule has 0 aliphatic carbocycles. The number of piperidine rings is 1. The van der Waals surface area contributed by atoms with Crippen molar-refractivity contribution in [3.05, 3.63) is 29.8 Å². The largest absolute Gasteiger partial charge is 0.478 e. The van der Waals surface area contributed by atoms with Crippen molar-refractivity contribution >= 4 is 11.7 Å². The molecule has 0 amide bonds. The standard InChI is InChI=1S/C13H17NO3/c1-17-12-6-8-14(9-7-12)11-4-2-10(3-5-11)13(15)16/h2-5,12H,6-9H2,1H3,(H,15,16). The number of hydrogen-bond acceptors (Lipinski definition) is 3. The SMILES string of the molecule is COC1CCN(c2ccc(C(=O)O)cc2)CC1. The Hall–Kier alpha value is -1.55. The summed E-state index contributed by atoms with van der Waals surface area (Å²) in [5.41, 5.74) is 1.42. The van der Waals surface area contributed by atoms with Crippen LogP contribution in [0.15, 0.2) is 24.3 Å². The molecular formula is C13H17NO3. The fraction of sp³-hybridized carbons (Fsp3) is 0.462. The summed E-state index contributed by atoms with van der Waals surface area (Å²) in [7, 11) is 1.75. The Morgan fingerprint density at radius 2 is 1.88 bits per heavy atom. The molecule has 4 heteroatoms. The zero-order valence-corrected chi connectivity index (χ0v) is 9.93. The number of methoxy groups -OCH3 is 1. The number of hydrogen-bond donors (Lipinski definition) is 1. The average Bonchev–Trinajstić information content (AvgIpc) is 2.39. The third-order valence-corrected chi connectivity index (χ3v) is 3.25. The van der Waals surface area contributed by atoms with Crippen LogP contribution in [-0.2, 0) is 4.74 Å². The van der Waals surface area contributed by atoms with Crippen molar-refractivity contribution in [3.63, 3.8) is 0 Å². The monoisotopic (exact) mass is 235 g/mol. The molecule has 0 aromatic heterocycles. The zero-order chi connectivity index (χ0) is 12.3. The zero-order valence-electron chi connectivity index (χ0n) is 9.93. The van der Waals surface area contributed by atoms with E-state index in [4.69, 9.17) is 9.84 Å². The van der Waals surface area contributed by atoms with Gasteiger partial charge in [0.1, 0.15) is 0 Å². The lowest BCUT2D eigenvalue weighted by Crippen LogP contribution is -2.36. The number of carboxylic acids is 1. The van der Waals surface area contributed by atoms with Gasteiger partial charge in [-0.1, -0.05) is 0 Å². The van der Waals surface area contributed by atoms with Crippen LogP contribution in [-0.4, -0.2) is 37.4 Å². The molecule has 0 unspecified atom stereocenters. The van der Waals surface area contributed by atoms with Gasteiger partial charge in [0, 0.05) is 25.9 Å². The first kappa shape index (κ1) is 11.9. The molecule has 0 spiro atoms. The molecule has 0 atom stereocenters. The van der Waals surface area contributed by atoms with Gasteiger partial charge in [-0.3, -0.25) is 0 Å². The number of aromatic carboxylic acids is 1. The molecule has 92 valence electrons. The van der Waals surface area contributed by atoms with Crippen LogP contribution >= 0.6 is 0 Å². The molecule has 4 nitrogen and oxygen atoms in total. The first-order chi connectivity index (χ1) is 8.20. The van der Waals surface area contributed by atoms with Gasteiger partial charge in [-0.05, 0) is 37.1 Å². The molecule has 1 saturated heterocycles. The van der Waals surface area contributed by atoms with Gasteiger partial charge >= 0.3 is 5.97 Å². The molecule has 0 radical (unpaired) electrons. The fourth-order valence-corrected chi connectivity index (χ4v) is 2.16. The Morgan fingerprint density at radius 1 is 1.29 bits per heavy atom. The summed E-state index contributed by atoms with van der Waals surface area (Å²) in [6.07, 6.45) is 2.42. The average molecular weight is 235 g/mol. The van der Waals surface area contributed by atoms with Gasteiger partial charge in [-0.25, -0.2) is 4.79 Å². The van der Waals surface area contributed by atoms with Crippen LogP contribution in [0.4, 0.5) is 5.69 Å². The van der Waals surface area contributed by atoms with E-state index >= 15 is 0 Å². The Bertz CT molecular complexity index is 380. The van der Waals surface area contributed by atoms with Gasteiger partial charge in [-0.2, -0.15) is 0 Å². The minimum atomic E-state index is -0.880. The maximum Gasteiger partial charge on any atom is 0.335 e. The highest BCUT2D eigenvalue weighted by molar-refractivity contribution is 5.88. The summed E-state index contributed by atoms with van der Waals surface area (Å²) in [4.78, 5) is 13.0. The molecular weight excluding hydrogens is 218 g/mol. The number of benzene rings is 1. The minimum Gasteiger partial charge on any atom is -0.478 e. The van der Waals surface area contributed by atoms with E-state index in [1.807, 2.05) is 12.1 Å². The Labute approximate surface area is 101 Å². The second kappa shape index (κ2) is 5.19. The van der Waals surface area contributed by atoms with Gasteiger partial charge in [-0.15, -0.1) is 0 Å². The summed E-state index contributed by atoms with van der Waals surface area (Å²) in [5.74, 6) is -0.880. The lowest BCUT2D eigenvalue weighted by Gasteiger charge is -2.32. The summed E-state index contributed by atoms with van der Waals surface area (Å²) >= 11 is 0. The molecule has 1 aliphatic rings. The highest BCUT2D eigenvalue weighted by Crippen LogP contribution is 2.21. The maximum atomic E-state index is 10.7. The second-order valence-corrected chi connectivity index (χ2v) is 4.27. The van der Waals surface area contributed by atoms with Crippen molar-refractivity contribution in [3.8, 4) is 0 Å². The lowest BCUT2D eigenvalue weighted by atomic mass is 10.1. The summed E-state index contributed by atoms with van der Waals surface area (Å²) in [6, 6.07) is 7.05. The number of nitrogens with zero attached hydrogens (tertiary/aromatic N) is 1. The third kappa shape index (κ3) is 2.77. The van der Waals surface area contributed by atoms with Crippen molar-refractivity contribution < 1.29 is 14.6 Å². The number of ether oxygens (including phenoxy) is 1. The topological polar surface area (TPSA) is 49.8 Å². The first-order valence-corrected chi connectivity index (χ1v) is 5.82. The van der Waals surface area contributed by atoms with Gasteiger partial charge in [0.2, 0.25) is 0 Å². The molecule has 1 N–H and O–H groups in total. The summed E-state index contributed by atoms with van der Waals surface area (Å²) in [6.45, 7) is 1.93. The molecule has 1 aromatic carbocycles. The van der Waals surface area contributed by atoms with E-state index < -0.39 is 5.97 Å². The van der Waals surface area contributed by atoms with Crippen LogP contribution in [0.1, 0.15) is 23.2 Å². The molecule has 1 aliphatic heterocycles. The van der Waals surface area contributed by atoms with Crippen LogP contribution < -0.4 is 4.90 Å². The Balaban J connectivity index is 2.01. The van der Waals surface area contributed by atoms with Crippen LogP contribution in [0.2, 0.25) is 0 Å². The molecule has 1 fully saturated rings. The first-order valence-electron chi connectivity index (χ1n) is 5.82.